The first-order valence-electron chi connectivity index (χ1n) is 9.34. The van der Waals surface area contributed by atoms with E-state index in [0.717, 1.165) is 30.1 Å². The van der Waals surface area contributed by atoms with Crippen molar-refractivity contribution in [3.63, 3.8) is 0 Å². The van der Waals surface area contributed by atoms with Gasteiger partial charge in [0.1, 0.15) is 5.75 Å². The highest BCUT2D eigenvalue weighted by Gasteiger charge is 2.22. The molecule has 2 aromatic rings. The summed E-state index contributed by atoms with van der Waals surface area (Å²) in [4.78, 5) is 34.0. The number of nitrogens with one attached hydrogen (secondary N) is 2. The van der Waals surface area contributed by atoms with Gasteiger partial charge in [-0.15, -0.1) is 0 Å². The van der Waals surface area contributed by atoms with Crippen LogP contribution in [0, 0.1) is 0 Å². The zero-order chi connectivity index (χ0) is 20.1. The normalized spacial score (nSPS) is 14.0. The number of hydrogen-bond acceptors (Lipinski definition) is 6. The summed E-state index contributed by atoms with van der Waals surface area (Å²) in [6.07, 6.45) is 0.708. The van der Waals surface area contributed by atoms with Gasteiger partial charge in [-0.25, -0.2) is 4.98 Å². The summed E-state index contributed by atoms with van der Waals surface area (Å²) in [6.45, 7) is 5.92. The number of H-pyrrole nitrogens is 1. The van der Waals surface area contributed by atoms with Crippen molar-refractivity contribution >= 4 is 17.7 Å². The molecule has 1 aliphatic rings. The molecule has 0 saturated carbocycles. The van der Waals surface area contributed by atoms with Gasteiger partial charge in [0.05, 0.1) is 24.1 Å². The fraction of sp³-hybridized carbons (Fsp3) is 0.450. The fourth-order valence-electron chi connectivity index (χ4n) is 3.23. The molecule has 28 heavy (non-hydrogen) atoms. The van der Waals surface area contributed by atoms with Crippen molar-refractivity contribution in [2.45, 2.75) is 44.6 Å². The lowest BCUT2D eigenvalue weighted by Crippen LogP contribution is -2.35. The fourth-order valence-corrected chi connectivity index (χ4v) is 3.92. The molecule has 0 aliphatic carbocycles. The molecule has 8 heteroatoms. The molecule has 0 fully saturated rings. The average Bonchev–Trinajstić information content (AvgIpc) is 2.67. The van der Waals surface area contributed by atoms with Crippen molar-refractivity contribution in [2.75, 3.05) is 19.4 Å². The molecule has 2 heterocycles. The average molecular weight is 403 g/mol. The second-order valence-electron chi connectivity index (χ2n) is 7.08. The lowest BCUT2D eigenvalue weighted by atomic mass is 10.1. The van der Waals surface area contributed by atoms with Crippen LogP contribution in [0.5, 0.6) is 5.75 Å². The molecule has 2 N–H and O–H groups in total. The van der Waals surface area contributed by atoms with Gasteiger partial charge < -0.3 is 15.0 Å². The van der Waals surface area contributed by atoms with Gasteiger partial charge >= 0.3 is 0 Å². The van der Waals surface area contributed by atoms with E-state index in [1.54, 1.807) is 7.11 Å². The Balaban J connectivity index is 1.67. The maximum Gasteiger partial charge on any atom is 0.256 e. The number of rotatable bonds is 7. The Morgan fingerprint density at radius 3 is 2.93 bits per heavy atom. The summed E-state index contributed by atoms with van der Waals surface area (Å²) in [7, 11) is 1.67. The minimum atomic E-state index is -0.124. The molecule has 0 atom stereocenters. The van der Waals surface area contributed by atoms with Crippen LogP contribution in [0.25, 0.3) is 0 Å². The molecule has 3 rings (SSSR count). The van der Waals surface area contributed by atoms with E-state index in [9.17, 15) is 9.59 Å². The molecule has 7 nitrogen and oxygen atoms in total. The lowest BCUT2D eigenvalue weighted by molar-refractivity contribution is -0.119. The Bertz CT molecular complexity index is 897. The van der Waals surface area contributed by atoms with Crippen molar-refractivity contribution in [2.24, 2.45) is 0 Å². The van der Waals surface area contributed by atoms with Gasteiger partial charge in [-0.05, 0) is 19.9 Å². The number of carbonyl (C=O) groups is 1. The molecule has 0 spiro atoms. The Morgan fingerprint density at radius 2 is 2.18 bits per heavy atom. The van der Waals surface area contributed by atoms with Crippen molar-refractivity contribution in [1.29, 1.82) is 0 Å². The topological polar surface area (TPSA) is 87.3 Å². The maximum absolute atomic E-state index is 12.6. The predicted molar refractivity (Wildman–Crippen MR) is 110 cm³/mol. The first kappa shape index (κ1) is 20.4. The Labute approximate surface area is 168 Å². The smallest absolute Gasteiger partial charge is 0.256 e. The van der Waals surface area contributed by atoms with E-state index in [0.29, 0.717) is 23.7 Å². The number of carbonyl (C=O) groups excluding carboxylic acids is 1. The maximum atomic E-state index is 12.6. The standard InChI is InChI=1S/C20H26N4O3S/c1-13(2)21-18(25)12-28-20-22-16-8-9-24(11-15(16)19(26)23-20)10-14-6-4-5-7-17(14)27-3/h4-7,13H,8-12H2,1-3H3,(H,21,25)(H,22,23,26). The van der Waals surface area contributed by atoms with Crippen LogP contribution in [-0.4, -0.2) is 46.2 Å². The number of methoxy groups -OCH3 is 1. The van der Waals surface area contributed by atoms with Gasteiger partial charge in [-0.3, -0.25) is 14.5 Å². The number of aromatic amines is 1. The van der Waals surface area contributed by atoms with E-state index in [1.165, 1.54) is 11.8 Å². The van der Waals surface area contributed by atoms with Crippen LogP contribution in [0.15, 0.2) is 34.2 Å². The second-order valence-corrected chi connectivity index (χ2v) is 8.04. The minimum Gasteiger partial charge on any atom is -0.496 e. The lowest BCUT2D eigenvalue weighted by Gasteiger charge is -2.28. The van der Waals surface area contributed by atoms with Gasteiger partial charge in [-0.1, -0.05) is 30.0 Å². The summed E-state index contributed by atoms with van der Waals surface area (Å²) >= 11 is 1.26. The van der Waals surface area contributed by atoms with Crippen LogP contribution in [-0.2, 0) is 24.3 Å². The number of hydrogen-bond donors (Lipinski definition) is 2. The van der Waals surface area contributed by atoms with Crippen molar-refractivity contribution in [3.8, 4) is 5.75 Å². The van der Waals surface area contributed by atoms with E-state index < -0.39 is 0 Å². The molecule has 150 valence electrons. The highest BCUT2D eigenvalue weighted by Crippen LogP contribution is 2.23. The number of fused-ring (bicyclic) bond motifs is 1. The van der Waals surface area contributed by atoms with Gasteiger partial charge in [0.25, 0.3) is 5.56 Å². The molecule has 0 saturated heterocycles. The summed E-state index contributed by atoms with van der Waals surface area (Å²) in [5.74, 6) is 1.02. The van der Waals surface area contributed by atoms with Gasteiger partial charge in [-0.2, -0.15) is 0 Å². The molecule has 0 unspecified atom stereocenters. The number of amides is 1. The van der Waals surface area contributed by atoms with E-state index in [1.807, 2.05) is 38.1 Å². The molecular formula is C20H26N4O3S. The number of nitrogens with zero attached hydrogens (tertiary/aromatic N) is 2. The van der Waals surface area contributed by atoms with E-state index >= 15 is 0 Å². The quantitative estimate of drug-likeness (QED) is 0.544. The Hall–Kier alpha value is -2.32. The van der Waals surface area contributed by atoms with E-state index in [2.05, 4.69) is 20.2 Å². The molecular weight excluding hydrogens is 376 g/mol. The first-order valence-corrected chi connectivity index (χ1v) is 10.3. The molecule has 1 amide bonds. The summed E-state index contributed by atoms with van der Waals surface area (Å²) in [5.41, 5.74) is 2.51. The van der Waals surface area contributed by atoms with E-state index in [-0.39, 0.29) is 23.3 Å². The number of benzene rings is 1. The van der Waals surface area contributed by atoms with Gasteiger partial charge in [0.15, 0.2) is 5.16 Å². The number of aromatic nitrogens is 2. The largest absolute Gasteiger partial charge is 0.496 e. The zero-order valence-corrected chi connectivity index (χ0v) is 17.3. The van der Waals surface area contributed by atoms with Gasteiger partial charge in [0.2, 0.25) is 5.91 Å². The van der Waals surface area contributed by atoms with Crippen molar-refractivity contribution in [1.82, 2.24) is 20.2 Å². The second kappa shape index (κ2) is 9.25. The molecule has 0 bridgehead atoms. The van der Waals surface area contributed by atoms with Crippen LogP contribution in [0.3, 0.4) is 0 Å². The van der Waals surface area contributed by atoms with Crippen LogP contribution < -0.4 is 15.6 Å². The van der Waals surface area contributed by atoms with Crippen LogP contribution in [0.4, 0.5) is 0 Å². The predicted octanol–water partition coefficient (Wildman–Crippen LogP) is 1.95. The third-order valence-corrected chi connectivity index (χ3v) is 5.38. The number of thioether (sulfide) groups is 1. The van der Waals surface area contributed by atoms with Crippen molar-refractivity contribution < 1.29 is 9.53 Å². The first-order chi connectivity index (χ1) is 13.5. The minimum absolute atomic E-state index is 0.0663. The SMILES string of the molecule is COc1ccccc1CN1CCc2nc(SCC(=O)NC(C)C)[nH]c(=O)c2C1. The van der Waals surface area contributed by atoms with Gasteiger partial charge in [0, 0.05) is 37.7 Å². The highest BCUT2D eigenvalue weighted by molar-refractivity contribution is 7.99. The van der Waals surface area contributed by atoms with Crippen LogP contribution >= 0.6 is 11.8 Å². The molecule has 1 aromatic carbocycles. The Kier molecular flexibility index (Phi) is 6.74. The third-order valence-electron chi connectivity index (χ3n) is 4.50. The highest BCUT2D eigenvalue weighted by atomic mass is 32.2. The number of ether oxygens (including phenoxy) is 1. The molecule has 1 aromatic heterocycles. The van der Waals surface area contributed by atoms with Crippen LogP contribution in [0.1, 0.15) is 30.7 Å². The van der Waals surface area contributed by atoms with Crippen molar-refractivity contribution in [3.05, 3.63) is 51.4 Å². The zero-order valence-electron chi connectivity index (χ0n) is 16.4. The third kappa shape index (κ3) is 5.14. The van der Waals surface area contributed by atoms with E-state index in [4.69, 9.17) is 4.74 Å². The Morgan fingerprint density at radius 1 is 1.39 bits per heavy atom. The number of para-hydroxylation sites is 1. The summed E-state index contributed by atoms with van der Waals surface area (Å²) < 4.78 is 5.42. The monoisotopic (exact) mass is 402 g/mol. The summed E-state index contributed by atoms with van der Waals surface area (Å²) in [5, 5.41) is 3.33. The molecule has 1 aliphatic heterocycles. The van der Waals surface area contributed by atoms with Crippen LogP contribution in [0.2, 0.25) is 0 Å². The molecule has 0 radical (unpaired) electrons. The summed E-state index contributed by atoms with van der Waals surface area (Å²) in [6, 6.07) is 8.02.